The van der Waals surface area contributed by atoms with E-state index in [0.717, 1.165) is 75.0 Å². The Bertz CT molecular complexity index is 3210. The molecule has 2 aromatic rings. The molecule has 0 aliphatic carbocycles. The van der Waals surface area contributed by atoms with Crippen molar-refractivity contribution in [3.8, 4) is 0 Å². The first-order chi connectivity index (χ1) is 60.6. The van der Waals surface area contributed by atoms with Crippen LogP contribution in [0.3, 0.4) is 0 Å². The second kappa shape index (κ2) is 75.8. The molecule has 2 heterocycles. The molecule has 0 radical (unpaired) electrons. The Balaban J connectivity index is 0.822. The van der Waals surface area contributed by atoms with Gasteiger partial charge in [-0.1, -0.05) is 56.0 Å². The summed E-state index contributed by atoms with van der Waals surface area (Å²) >= 11 is 0. The molecule has 1 unspecified atom stereocenters. The van der Waals surface area contributed by atoms with Gasteiger partial charge in [-0.3, -0.25) is 14.1 Å². The van der Waals surface area contributed by atoms with Crippen molar-refractivity contribution in [1.29, 1.82) is 0 Å². The molecule has 0 saturated carbocycles. The maximum atomic E-state index is 12.8. The van der Waals surface area contributed by atoms with Crippen molar-refractivity contribution in [1.82, 2.24) is 5.32 Å². The van der Waals surface area contributed by atoms with Crippen molar-refractivity contribution >= 4 is 39.1 Å². The average molecular weight is 1790 g/mol. The van der Waals surface area contributed by atoms with Crippen LogP contribution in [-0.2, 0) is 144 Å². The van der Waals surface area contributed by atoms with Gasteiger partial charge in [0.25, 0.3) is 10.1 Å². The maximum Gasteiger partial charge on any atom is 0.303 e. The van der Waals surface area contributed by atoms with Gasteiger partial charge >= 0.3 is 5.97 Å². The molecule has 0 bridgehead atoms. The fraction of sp³-hybridized carbons (Fsp3) is 0.767. The number of nitrogens with zero attached hydrogens (tertiary/aromatic N) is 2. The van der Waals surface area contributed by atoms with Gasteiger partial charge in [0, 0.05) is 74.0 Å². The van der Waals surface area contributed by atoms with Crippen LogP contribution in [0.1, 0.15) is 115 Å². The standard InChI is InChI=1S/C90H153N3O30S/c1-7-8-28-93-84-25-23-80(124(97,98)99)78-82(84)90(5,26-16-10-15-21-88(95)96)86(93)19-13-9-12-18-85-89(3,4)81-77-79(2)22-24-83(81)92(85)29-17-11-14-20-87(94)91-27-30-101-33-34-103-37-38-105-41-42-107-45-46-109-49-50-111-53-54-113-57-58-115-61-62-117-65-66-119-69-70-121-73-74-123-76-75-122-72-71-120-68-67-118-64-63-116-60-59-114-56-55-112-52-51-110-48-47-108-44-43-106-40-39-104-36-35-102-32-31-100-6/h9,12-13,18-19,22-25,77-78H,7-8,10-11,14-17,20-21,26-76H2,1-6H3,(H2-,91,94,95,96,97,98,99)/p+1. The first-order valence-electron chi connectivity index (χ1n) is 44.6. The summed E-state index contributed by atoms with van der Waals surface area (Å²) in [5, 5.41) is 12.2. The molecule has 0 fully saturated rings. The van der Waals surface area contributed by atoms with Crippen LogP contribution in [0.15, 0.2) is 77.4 Å². The van der Waals surface area contributed by atoms with E-state index in [9.17, 15) is 27.7 Å². The number of amides is 1. The minimum atomic E-state index is -4.44. The largest absolute Gasteiger partial charge is 0.481 e. The van der Waals surface area contributed by atoms with Crippen LogP contribution in [0, 0.1) is 6.92 Å². The molecule has 34 heteroatoms. The summed E-state index contributed by atoms with van der Waals surface area (Å²) in [6, 6.07) is 11.5. The third-order valence-corrected chi connectivity index (χ3v) is 20.4. The SMILES string of the molecule is CCCCN1C(=CC=CC=CC2=[N+](CCCCCC(=O)NCCOCCOCCOCCOCCOCCOCCOCCOCCOCCOCCOCCOCCOCCOCCOCCOCCOCCOCCOCCOCCOCCOCCOCCOC)c3ccc(C)cc3C2(C)C)C(C)(CCCCCC(=O)O)c2cc(S(=O)(=O)O)ccc21. The molecule has 1 atom stereocenters. The molecule has 2 aromatic carbocycles. The van der Waals surface area contributed by atoms with Gasteiger partial charge in [-0.15, -0.1) is 0 Å². The van der Waals surface area contributed by atoms with E-state index in [1.807, 2.05) is 12.2 Å². The summed E-state index contributed by atoms with van der Waals surface area (Å²) in [5.74, 6) is -0.815. The van der Waals surface area contributed by atoms with E-state index in [0.29, 0.717) is 336 Å². The van der Waals surface area contributed by atoms with Gasteiger partial charge in [0.2, 0.25) is 11.6 Å². The van der Waals surface area contributed by atoms with Crippen LogP contribution in [0.2, 0.25) is 0 Å². The van der Waals surface area contributed by atoms with Crippen LogP contribution in [0.4, 0.5) is 11.4 Å². The third-order valence-electron chi connectivity index (χ3n) is 19.6. The summed E-state index contributed by atoms with van der Waals surface area (Å²) in [5.41, 5.74) is 6.80. The monoisotopic (exact) mass is 1790 g/mol. The van der Waals surface area contributed by atoms with E-state index < -0.39 is 21.5 Å². The number of hydrogen-bond acceptors (Lipinski definition) is 29. The number of methoxy groups -OCH3 is 1. The van der Waals surface area contributed by atoms with E-state index in [1.165, 1.54) is 28.6 Å². The fourth-order valence-electron chi connectivity index (χ4n) is 13.0. The van der Waals surface area contributed by atoms with Crippen molar-refractivity contribution in [3.63, 3.8) is 0 Å². The molecule has 3 N–H and O–H groups in total. The van der Waals surface area contributed by atoms with Gasteiger partial charge in [0.1, 0.15) is 6.54 Å². The number of carbonyl (C=O) groups excluding carboxylic acids is 1. The number of carboxylic acid groups (broad SMARTS) is 1. The zero-order valence-electron chi connectivity index (χ0n) is 75.6. The Morgan fingerprint density at radius 2 is 0.774 bits per heavy atom. The highest BCUT2D eigenvalue weighted by Gasteiger charge is 2.45. The summed E-state index contributed by atoms with van der Waals surface area (Å²) in [6.07, 6.45) is 18.2. The van der Waals surface area contributed by atoms with Crippen molar-refractivity contribution < 1.29 is 146 Å². The fourth-order valence-corrected chi connectivity index (χ4v) is 13.5. The highest BCUT2D eigenvalue weighted by molar-refractivity contribution is 7.85. The lowest BCUT2D eigenvalue weighted by molar-refractivity contribution is -0.438. The minimum absolute atomic E-state index is 0.00626. The Morgan fingerprint density at radius 1 is 0.419 bits per heavy atom. The summed E-state index contributed by atoms with van der Waals surface area (Å²) in [6.45, 7) is 35.3. The molecule has 1 amide bonds. The van der Waals surface area contributed by atoms with Crippen molar-refractivity contribution in [2.75, 3.05) is 342 Å². The topological polar surface area (TPSA) is 349 Å². The lowest BCUT2D eigenvalue weighted by Crippen LogP contribution is -2.29. The maximum absolute atomic E-state index is 12.8. The summed E-state index contributed by atoms with van der Waals surface area (Å²) < 4.78 is 169. The molecule has 2 aliphatic rings. The normalized spacial score (nSPS) is 14.9. The number of ether oxygens (including phenoxy) is 24. The number of allylic oxidation sites excluding steroid dienone is 6. The van der Waals surface area contributed by atoms with Crippen LogP contribution in [0.5, 0.6) is 0 Å². The minimum Gasteiger partial charge on any atom is -0.481 e. The number of unbranched alkanes of at least 4 members (excludes halogenated alkanes) is 5. The van der Waals surface area contributed by atoms with Crippen LogP contribution < -0.4 is 10.2 Å². The van der Waals surface area contributed by atoms with Gasteiger partial charge in [0.05, 0.1) is 321 Å². The highest BCUT2D eigenvalue weighted by Crippen LogP contribution is 2.52. The molecule has 33 nitrogen and oxygen atoms in total. The smallest absolute Gasteiger partial charge is 0.303 e. The first-order valence-corrected chi connectivity index (χ1v) is 46.1. The van der Waals surface area contributed by atoms with E-state index in [1.54, 1.807) is 19.2 Å². The highest BCUT2D eigenvalue weighted by atomic mass is 32.2. The molecule has 4 rings (SSSR count). The van der Waals surface area contributed by atoms with Gasteiger partial charge in [-0.05, 0) is 95.7 Å². The molecule has 714 valence electrons. The van der Waals surface area contributed by atoms with E-state index in [4.69, 9.17) is 114 Å². The van der Waals surface area contributed by atoms with Gasteiger partial charge < -0.3 is 129 Å². The number of anilines is 1. The van der Waals surface area contributed by atoms with Crippen LogP contribution in [-0.4, -0.2) is 378 Å². The van der Waals surface area contributed by atoms with Crippen molar-refractivity contribution in [2.45, 2.75) is 121 Å². The Labute approximate surface area is 739 Å². The third kappa shape index (κ3) is 54.5. The molecular formula is C90H154N3O30S+. The van der Waals surface area contributed by atoms with Crippen LogP contribution >= 0.6 is 0 Å². The van der Waals surface area contributed by atoms with Gasteiger partial charge in [-0.2, -0.15) is 13.0 Å². The Kier molecular flexibility index (Phi) is 68.1. The van der Waals surface area contributed by atoms with E-state index in [2.05, 4.69) is 85.8 Å². The Morgan fingerprint density at radius 3 is 1.13 bits per heavy atom. The number of rotatable bonds is 91. The Hall–Kier alpha value is -4.98. The van der Waals surface area contributed by atoms with E-state index in [-0.39, 0.29) is 22.6 Å². The number of carboxylic acids is 1. The predicted molar refractivity (Wildman–Crippen MR) is 469 cm³/mol. The van der Waals surface area contributed by atoms with Crippen molar-refractivity contribution in [3.05, 3.63) is 89.2 Å². The molecule has 0 aromatic heterocycles. The number of benzene rings is 2. The summed E-state index contributed by atoms with van der Waals surface area (Å²) in [4.78, 5) is 26.2. The number of fused-ring (bicyclic) bond motifs is 2. The molecule has 0 spiro atoms. The lowest BCUT2D eigenvalue weighted by atomic mass is 9.77. The van der Waals surface area contributed by atoms with Gasteiger partial charge in [-0.25, -0.2) is 0 Å². The quantitative estimate of drug-likeness (QED) is 0.0241. The zero-order chi connectivity index (χ0) is 89.0. The van der Waals surface area contributed by atoms with E-state index >= 15 is 0 Å². The number of aliphatic carboxylic acids is 1. The lowest BCUT2D eigenvalue weighted by Gasteiger charge is -2.30. The second-order valence-corrected chi connectivity index (χ2v) is 31.1. The average Bonchev–Trinajstić information content (AvgIpc) is 1.63. The second-order valence-electron chi connectivity index (χ2n) is 29.7. The number of hydrogen-bond donors (Lipinski definition) is 3. The zero-order valence-corrected chi connectivity index (χ0v) is 76.4. The molecule has 124 heavy (non-hydrogen) atoms. The molecule has 0 saturated heterocycles. The molecule has 2 aliphatic heterocycles. The van der Waals surface area contributed by atoms with Gasteiger partial charge in [0.15, 0.2) is 5.71 Å². The number of carbonyl (C=O) groups is 2. The first kappa shape index (κ1) is 111. The number of nitrogens with one attached hydrogen (secondary N) is 1. The molecular weight excluding hydrogens is 1640 g/mol. The van der Waals surface area contributed by atoms with Crippen LogP contribution in [0.25, 0.3) is 0 Å². The van der Waals surface area contributed by atoms with Crippen molar-refractivity contribution in [2.24, 2.45) is 0 Å². The number of aryl methyl sites for hydroxylation is 1. The summed E-state index contributed by atoms with van der Waals surface area (Å²) in [7, 11) is -2.80. The predicted octanol–water partition coefficient (Wildman–Crippen LogP) is 8.93.